The third-order valence-corrected chi connectivity index (χ3v) is 2.88. The van der Waals surface area contributed by atoms with Crippen LogP contribution >= 0.6 is 15.9 Å². The van der Waals surface area contributed by atoms with E-state index in [1.54, 1.807) is 6.92 Å². The van der Waals surface area contributed by atoms with Crippen LogP contribution in [0.3, 0.4) is 0 Å². The molecular weight excluding hydrogens is 244 g/mol. The first kappa shape index (κ1) is 9.60. The molecule has 1 aromatic rings. The first-order valence-corrected chi connectivity index (χ1v) is 5.79. The van der Waals surface area contributed by atoms with Crippen LogP contribution in [0.15, 0.2) is 16.0 Å². The van der Waals surface area contributed by atoms with E-state index >= 15 is 0 Å². The van der Waals surface area contributed by atoms with Gasteiger partial charge in [0.15, 0.2) is 0 Å². The zero-order valence-corrected chi connectivity index (χ0v) is 8.98. The molecule has 0 aliphatic heterocycles. The third kappa shape index (κ3) is 2.01. The molecule has 0 amide bonds. The van der Waals surface area contributed by atoms with Crippen molar-refractivity contribution in [2.75, 3.05) is 6.26 Å². The Balaban J connectivity index is 3.33. The van der Waals surface area contributed by atoms with Gasteiger partial charge in [0.2, 0.25) is 15.0 Å². The van der Waals surface area contributed by atoms with Crippen molar-refractivity contribution in [2.24, 2.45) is 0 Å². The van der Waals surface area contributed by atoms with E-state index in [1.807, 2.05) is 0 Å². The highest BCUT2D eigenvalue weighted by Gasteiger charge is 2.11. The predicted octanol–water partition coefficient (Wildman–Crippen LogP) is 0.951. The summed E-state index contributed by atoms with van der Waals surface area (Å²) < 4.78 is 22.4. The minimum absolute atomic E-state index is 0.153. The standard InChI is InChI=1S/C6H7BrN2O2S/c1-4-3-8-6(9-5(4)7)12(2,10)11/h3H,1-2H3. The van der Waals surface area contributed by atoms with Crippen LogP contribution in [-0.4, -0.2) is 24.6 Å². The average molecular weight is 251 g/mol. The number of hydrogen-bond donors (Lipinski definition) is 0. The first-order chi connectivity index (χ1) is 5.41. The normalized spacial score (nSPS) is 11.6. The summed E-state index contributed by atoms with van der Waals surface area (Å²) in [5.74, 6) is 0. The van der Waals surface area contributed by atoms with Crippen LogP contribution in [0.5, 0.6) is 0 Å². The fourth-order valence-corrected chi connectivity index (χ4v) is 1.47. The molecule has 4 nitrogen and oxygen atoms in total. The Labute approximate surface area is 79.1 Å². The monoisotopic (exact) mass is 250 g/mol. The molecule has 6 heteroatoms. The van der Waals surface area contributed by atoms with Gasteiger partial charge in [0.05, 0.1) is 0 Å². The highest BCUT2D eigenvalue weighted by molar-refractivity contribution is 9.10. The molecule has 1 heterocycles. The number of aryl methyl sites for hydroxylation is 1. The van der Waals surface area contributed by atoms with E-state index in [-0.39, 0.29) is 5.16 Å². The maximum Gasteiger partial charge on any atom is 0.247 e. The smallest absolute Gasteiger partial charge is 0.226 e. The van der Waals surface area contributed by atoms with Crippen molar-refractivity contribution in [2.45, 2.75) is 12.1 Å². The van der Waals surface area contributed by atoms with E-state index in [9.17, 15) is 8.42 Å². The number of hydrogen-bond acceptors (Lipinski definition) is 4. The summed E-state index contributed by atoms with van der Waals surface area (Å²) in [5.41, 5.74) is 0.808. The van der Waals surface area contributed by atoms with Crippen molar-refractivity contribution in [1.29, 1.82) is 0 Å². The molecule has 0 bridgehead atoms. The topological polar surface area (TPSA) is 59.9 Å². The lowest BCUT2D eigenvalue weighted by Crippen LogP contribution is -2.04. The molecule has 0 unspecified atom stereocenters. The van der Waals surface area contributed by atoms with Gasteiger partial charge < -0.3 is 0 Å². The zero-order chi connectivity index (χ0) is 9.35. The van der Waals surface area contributed by atoms with E-state index in [1.165, 1.54) is 6.20 Å². The molecule has 0 spiro atoms. The van der Waals surface area contributed by atoms with Gasteiger partial charge in [-0.1, -0.05) is 0 Å². The van der Waals surface area contributed by atoms with Crippen molar-refractivity contribution in [3.8, 4) is 0 Å². The molecule has 1 aromatic heterocycles. The number of rotatable bonds is 1. The van der Waals surface area contributed by atoms with Gasteiger partial charge in [-0.3, -0.25) is 0 Å². The number of sulfone groups is 1. The zero-order valence-electron chi connectivity index (χ0n) is 6.57. The number of aromatic nitrogens is 2. The fourth-order valence-electron chi connectivity index (χ4n) is 0.585. The van der Waals surface area contributed by atoms with Crippen LogP contribution in [0.4, 0.5) is 0 Å². The quantitative estimate of drug-likeness (QED) is 0.550. The molecule has 0 fully saturated rings. The summed E-state index contributed by atoms with van der Waals surface area (Å²) in [6.07, 6.45) is 2.54. The Bertz CT molecular complexity index is 402. The molecule has 12 heavy (non-hydrogen) atoms. The molecule has 0 aliphatic carbocycles. The second-order valence-corrected chi connectivity index (χ2v) is 5.06. The molecule has 0 saturated carbocycles. The molecule has 0 aromatic carbocycles. The van der Waals surface area contributed by atoms with Crippen LogP contribution < -0.4 is 0 Å². The minimum Gasteiger partial charge on any atom is -0.226 e. The van der Waals surface area contributed by atoms with E-state index in [2.05, 4.69) is 25.9 Å². The number of halogens is 1. The molecule has 0 radical (unpaired) electrons. The summed E-state index contributed by atoms with van der Waals surface area (Å²) in [7, 11) is -3.29. The summed E-state index contributed by atoms with van der Waals surface area (Å²) in [4.78, 5) is 7.44. The van der Waals surface area contributed by atoms with Crippen molar-refractivity contribution in [3.63, 3.8) is 0 Å². The van der Waals surface area contributed by atoms with Crippen LogP contribution in [0, 0.1) is 6.92 Å². The van der Waals surface area contributed by atoms with E-state index in [0.29, 0.717) is 4.60 Å². The average Bonchev–Trinajstić information content (AvgIpc) is 1.92. The largest absolute Gasteiger partial charge is 0.247 e. The third-order valence-electron chi connectivity index (χ3n) is 1.22. The van der Waals surface area contributed by atoms with Crippen molar-refractivity contribution in [1.82, 2.24) is 9.97 Å². The molecule has 0 saturated heterocycles. The molecule has 66 valence electrons. The van der Waals surface area contributed by atoms with Gasteiger partial charge in [-0.25, -0.2) is 18.4 Å². The second kappa shape index (κ2) is 3.10. The lowest BCUT2D eigenvalue weighted by molar-refractivity contribution is 0.592. The fraction of sp³-hybridized carbons (Fsp3) is 0.333. The Kier molecular flexibility index (Phi) is 2.48. The van der Waals surface area contributed by atoms with Gasteiger partial charge in [-0.05, 0) is 22.9 Å². The molecule has 1 rings (SSSR count). The second-order valence-electron chi connectivity index (χ2n) is 2.40. The highest BCUT2D eigenvalue weighted by atomic mass is 79.9. The van der Waals surface area contributed by atoms with Crippen molar-refractivity contribution < 1.29 is 8.42 Å². The molecule has 0 N–H and O–H groups in total. The van der Waals surface area contributed by atoms with Crippen LogP contribution in [-0.2, 0) is 9.84 Å². The van der Waals surface area contributed by atoms with Gasteiger partial charge in [0, 0.05) is 18.0 Å². The Morgan fingerprint density at radius 3 is 2.50 bits per heavy atom. The van der Waals surface area contributed by atoms with Gasteiger partial charge >= 0.3 is 0 Å². The van der Waals surface area contributed by atoms with Crippen LogP contribution in [0.2, 0.25) is 0 Å². The molecular formula is C6H7BrN2O2S. The van der Waals surface area contributed by atoms with E-state index in [0.717, 1.165) is 11.8 Å². The van der Waals surface area contributed by atoms with Crippen molar-refractivity contribution >= 4 is 25.8 Å². The summed E-state index contributed by atoms with van der Waals surface area (Å²) in [5, 5.41) is -0.153. The predicted molar refractivity (Wildman–Crippen MR) is 47.6 cm³/mol. The summed E-state index contributed by atoms with van der Waals surface area (Å²) in [6, 6.07) is 0. The van der Waals surface area contributed by atoms with Crippen LogP contribution in [0.25, 0.3) is 0 Å². The highest BCUT2D eigenvalue weighted by Crippen LogP contribution is 2.13. The van der Waals surface area contributed by atoms with E-state index in [4.69, 9.17) is 0 Å². The molecule has 0 atom stereocenters. The lowest BCUT2D eigenvalue weighted by atomic mass is 10.4. The lowest BCUT2D eigenvalue weighted by Gasteiger charge is -1.98. The minimum atomic E-state index is -3.29. The SMILES string of the molecule is Cc1cnc(S(C)(=O)=O)nc1Br. The summed E-state index contributed by atoms with van der Waals surface area (Å²) in [6.45, 7) is 1.79. The Morgan fingerprint density at radius 2 is 2.08 bits per heavy atom. The van der Waals surface area contributed by atoms with Gasteiger partial charge in [-0.2, -0.15) is 0 Å². The molecule has 0 aliphatic rings. The van der Waals surface area contributed by atoms with Gasteiger partial charge in [0.25, 0.3) is 0 Å². The first-order valence-electron chi connectivity index (χ1n) is 3.10. The van der Waals surface area contributed by atoms with Gasteiger partial charge in [-0.15, -0.1) is 0 Å². The summed E-state index contributed by atoms with van der Waals surface area (Å²) >= 11 is 3.12. The van der Waals surface area contributed by atoms with Crippen molar-refractivity contribution in [3.05, 3.63) is 16.4 Å². The Morgan fingerprint density at radius 1 is 1.50 bits per heavy atom. The van der Waals surface area contributed by atoms with E-state index < -0.39 is 9.84 Å². The maximum atomic E-state index is 11.0. The number of nitrogens with zero attached hydrogens (tertiary/aromatic N) is 2. The van der Waals surface area contributed by atoms with Crippen LogP contribution in [0.1, 0.15) is 5.56 Å². The Hall–Kier alpha value is -0.490. The maximum absolute atomic E-state index is 11.0. The van der Waals surface area contributed by atoms with Gasteiger partial charge in [0.1, 0.15) is 4.60 Å².